The Kier molecular flexibility index (Phi) is 4.64. The summed E-state index contributed by atoms with van der Waals surface area (Å²) >= 11 is 0. The Morgan fingerprint density at radius 3 is 2.82 bits per heavy atom. The fraction of sp³-hybridized carbons (Fsp3) is 0.550. The van der Waals surface area contributed by atoms with Crippen molar-refractivity contribution in [2.24, 2.45) is 11.8 Å². The van der Waals surface area contributed by atoms with Crippen molar-refractivity contribution < 1.29 is 14.1 Å². The van der Waals surface area contributed by atoms with E-state index in [-0.39, 0.29) is 29.7 Å². The summed E-state index contributed by atoms with van der Waals surface area (Å²) in [7, 11) is 0. The van der Waals surface area contributed by atoms with Gasteiger partial charge in [0.05, 0.1) is 5.41 Å². The molecule has 1 aliphatic heterocycles. The molecule has 2 aromatic heterocycles. The van der Waals surface area contributed by atoms with E-state index in [1.165, 1.54) is 0 Å². The largest absolute Gasteiger partial charge is 0.348 e. The number of fused-ring (bicyclic) bond motifs is 1. The molecule has 0 unspecified atom stereocenters. The summed E-state index contributed by atoms with van der Waals surface area (Å²) in [4.78, 5) is 35.6. The number of amides is 2. The topological polar surface area (TPSA) is 101 Å². The maximum Gasteiger partial charge on any atom is 0.270 e. The maximum atomic E-state index is 12.6. The molecule has 0 spiro atoms. The summed E-state index contributed by atoms with van der Waals surface area (Å²) in [5, 5.41) is 7.07. The molecule has 8 heteroatoms. The van der Waals surface area contributed by atoms with E-state index in [1.54, 1.807) is 31.3 Å². The van der Waals surface area contributed by atoms with Crippen LogP contribution in [0.4, 0.5) is 0 Å². The Labute approximate surface area is 163 Å². The molecule has 3 heterocycles. The van der Waals surface area contributed by atoms with E-state index in [0.717, 1.165) is 6.42 Å². The SMILES string of the molecule is Cc1noc([C@]23C[C@H](NC(=O)c4ccccn4)C[C@H]2CN(C(=O)C(C)C)C3)n1. The van der Waals surface area contributed by atoms with Gasteiger partial charge in [-0.3, -0.25) is 14.6 Å². The van der Waals surface area contributed by atoms with Crippen molar-refractivity contribution in [3.63, 3.8) is 0 Å². The molecule has 2 fully saturated rings. The first-order valence-electron chi connectivity index (χ1n) is 9.70. The smallest absolute Gasteiger partial charge is 0.270 e. The highest BCUT2D eigenvalue weighted by Gasteiger charge is 2.58. The molecule has 3 atom stereocenters. The highest BCUT2D eigenvalue weighted by atomic mass is 16.5. The number of pyridine rings is 1. The minimum Gasteiger partial charge on any atom is -0.348 e. The average Bonchev–Trinajstić information content (AvgIpc) is 3.34. The summed E-state index contributed by atoms with van der Waals surface area (Å²) in [6.07, 6.45) is 3.04. The van der Waals surface area contributed by atoms with Crippen molar-refractivity contribution in [1.82, 2.24) is 25.3 Å². The lowest BCUT2D eigenvalue weighted by Crippen LogP contribution is -2.40. The second-order valence-corrected chi connectivity index (χ2v) is 8.20. The van der Waals surface area contributed by atoms with Gasteiger partial charge in [0.15, 0.2) is 5.82 Å². The third kappa shape index (κ3) is 3.16. The highest BCUT2D eigenvalue weighted by molar-refractivity contribution is 5.92. The van der Waals surface area contributed by atoms with Crippen molar-refractivity contribution in [3.8, 4) is 0 Å². The molecule has 1 aliphatic carbocycles. The van der Waals surface area contributed by atoms with E-state index in [9.17, 15) is 9.59 Å². The first kappa shape index (κ1) is 18.6. The Morgan fingerprint density at radius 1 is 1.36 bits per heavy atom. The van der Waals surface area contributed by atoms with Gasteiger partial charge in [0.25, 0.3) is 5.91 Å². The number of nitrogens with zero attached hydrogens (tertiary/aromatic N) is 4. The van der Waals surface area contributed by atoms with Crippen LogP contribution >= 0.6 is 0 Å². The van der Waals surface area contributed by atoms with Crippen LogP contribution in [-0.4, -0.2) is 51.0 Å². The van der Waals surface area contributed by atoms with Gasteiger partial charge in [-0.25, -0.2) is 0 Å². The van der Waals surface area contributed by atoms with Crippen LogP contribution in [0.15, 0.2) is 28.9 Å². The molecule has 8 nitrogen and oxygen atoms in total. The Hall–Kier alpha value is -2.77. The number of hydrogen-bond donors (Lipinski definition) is 1. The van der Waals surface area contributed by atoms with Gasteiger partial charge in [-0.15, -0.1) is 0 Å². The third-order valence-electron chi connectivity index (χ3n) is 5.87. The molecule has 0 bridgehead atoms. The number of rotatable bonds is 4. The molecule has 2 aliphatic rings. The first-order valence-corrected chi connectivity index (χ1v) is 9.70. The molecule has 2 amide bonds. The van der Waals surface area contributed by atoms with Crippen LogP contribution in [0, 0.1) is 18.8 Å². The highest BCUT2D eigenvalue weighted by Crippen LogP contribution is 2.50. The van der Waals surface area contributed by atoms with Crippen molar-refractivity contribution in [2.75, 3.05) is 13.1 Å². The van der Waals surface area contributed by atoms with Crippen molar-refractivity contribution in [2.45, 2.75) is 45.1 Å². The monoisotopic (exact) mass is 383 g/mol. The number of aromatic nitrogens is 3. The summed E-state index contributed by atoms with van der Waals surface area (Å²) in [6, 6.07) is 5.25. The quantitative estimate of drug-likeness (QED) is 0.863. The minimum absolute atomic E-state index is 0.0250. The number of nitrogens with one attached hydrogen (secondary N) is 1. The Morgan fingerprint density at radius 2 is 2.18 bits per heavy atom. The second-order valence-electron chi connectivity index (χ2n) is 8.20. The lowest BCUT2D eigenvalue weighted by Gasteiger charge is -2.26. The molecule has 1 saturated carbocycles. The van der Waals surface area contributed by atoms with Gasteiger partial charge in [0.2, 0.25) is 11.8 Å². The predicted molar refractivity (Wildman–Crippen MR) is 100 cm³/mol. The standard InChI is InChI=1S/C20H25N5O3/c1-12(2)18(27)25-10-14-8-15(23-17(26)16-6-4-5-7-21-16)9-20(14,11-25)19-22-13(3)24-28-19/h4-7,12,14-15H,8-11H2,1-3H3,(H,23,26)/t14-,15+,20-/m0/s1. The van der Waals surface area contributed by atoms with Crippen LogP contribution in [0.2, 0.25) is 0 Å². The molecule has 148 valence electrons. The summed E-state index contributed by atoms with van der Waals surface area (Å²) in [6.45, 7) is 6.81. The van der Waals surface area contributed by atoms with Gasteiger partial charge in [-0.1, -0.05) is 25.1 Å². The van der Waals surface area contributed by atoms with Gasteiger partial charge in [0.1, 0.15) is 5.69 Å². The fourth-order valence-electron chi connectivity index (χ4n) is 4.60. The zero-order chi connectivity index (χ0) is 19.9. The van der Waals surface area contributed by atoms with Crippen LogP contribution in [0.5, 0.6) is 0 Å². The molecular formula is C20H25N5O3. The molecule has 0 radical (unpaired) electrons. The Balaban J connectivity index is 1.56. The van der Waals surface area contributed by atoms with E-state index >= 15 is 0 Å². The zero-order valence-electron chi connectivity index (χ0n) is 16.4. The molecule has 1 saturated heterocycles. The zero-order valence-corrected chi connectivity index (χ0v) is 16.4. The fourth-order valence-corrected chi connectivity index (χ4v) is 4.60. The number of likely N-dealkylation sites (tertiary alicyclic amines) is 1. The van der Waals surface area contributed by atoms with Gasteiger partial charge >= 0.3 is 0 Å². The van der Waals surface area contributed by atoms with Crippen LogP contribution in [0.1, 0.15) is 48.9 Å². The van der Waals surface area contributed by atoms with Crippen molar-refractivity contribution >= 4 is 11.8 Å². The molecular weight excluding hydrogens is 358 g/mol. The van der Waals surface area contributed by atoms with Crippen molar-refractivity contribution in [1.29, 1.82) is 0 Å². The second kappa shape index (κ2) is 7.00. The predicted octanol–water partition coefficient (Wildman–Crippen LogP) is 1.72. The number of carbonyl (C=O) groups excluding carboxylic acids is 2. The van der Waals surface area contributed by atoms with Gasteiger partial charge in [0, 0.05) is 31.2 Å². The number of hydrogen-bond acceptors (Lipinski definition) is 6. The molecule has 28 heavy (non-hydrogen) atoms. The molecule has 2 aromatic rings. The molecule has 0 aromatic carbocycles. The van der Waals surface area contributed by atoms with Crippen LogP contribution < -0.4 is 5.32 Å². The Bertz CT molecular complexity index is 881. The number of carbonyl (C=O) groups is 2. The van der Waals surface area contributed by atoms with Gasteiger partial charge in [-0.05, 0) is 37.8 Å². The normalized spacial score (nSPS) is 26.5. The maximum absolute atomic E-state index is 12.6. The summed E-state index contributed by atoms with van der Waals surface area (Å²) < 4.78 is 5.56. The van der Waals surface area contributed by atoms with Crippen LogP contribution in [0.3, 0.4) is 0 Å². The molecule has 1 N–H and O–H groups in total. The number of aryl methyl sites for hydroxylation is 1. The summed E-state index contributed by atoms with van der Waals surface area (Å²) in [5.41, 5.74) is -0.00714. The van der Waals surface area contributed by atoms with E-state index in [0.29, 0.717) is 36.9 Å². The summed E-state index contributed by atoms with van der Waals surface area (Å²) in [5.74, 6) is 1.22. The van der Waals surface area contributed by atoms with Gasteiger partial charge < -0.3 is 14.7 Å². The van der Waals surface area contributed by atoms with E-state index in [1.807, 2.05) is 18.7 Å². The van der Waals surface area contributed by atoms with Crippen molar-refractivity contribution in [3.05, 3.63) is 41.8 Å². The molecule has 4 rings (SSSR count). The lowest BCUT2D eigenvalue weighted by molar-refractivity contribution is -0.133. The third-order valence-corrected chi connectivity index (χ3v) is 5.87. The van der Waals surface area contributed by atoms with Crippen LogP contribution in [0.25, 0.3) is 0 Å². The van der Waals surface area contributed by atoms with Gasteiger partial charge in [-0.2, -0.15) is 4.98 Å². The van der Waals surface area contributed by atoms with E-state index < -0.39 is 5.41 Å². The lowest BCUT2D eigenvalue weighted by atomic mass is 9.80. The average molecular weight is 383 g/mol. The van der Waals surface area contributed by atoms with E-state index in [2.05, 4.69) is 20.4 Å². The van der Waals surface area contributed by atoms with Crippen LogP contribution in [-0.2, 0) is 10.2 Å². The van der Waals surface area contributed by atoms with E-state index in [4.69, 9.17) is 4.52 Å². The minimum atomic E-state index is -0.409. The first-order chi connectivity index (χ1) is 13.4.